The Hall–Kier alpha value is -2.74. The second-order valence-corrected chi connectivity index (χ2v) is 7.75. The second-order valence-electron chi connectivity index (χ2n) is 7.75. The minimum atomic E-state index is -0.310. The largest absolute Gasteiger partial charge is 0.378 e. The van der Waals surface area contributed by atoms with E-state index < -0.39 is 0 Å². The van der Waals surface area contributed by atoms with Crippen LogP contribution in [0.3, 0.4) is 0 Å². The Morgan fingerprint density at radius 2 is 1.73 bits per heavy atom. The fourth-order valence-electron chi connectivity index (χ4n) is 4.24. The molecular weight excluding hydrogens is 387 g/mol. The highest BCUT2D eigenvalue weighted by Gasteiger charge is 2.32. The molecule has 1 aromatic carbocycles. The van der Waals surface area contributed by atoms with Gasteiger partial charge in [0.2, 0.25) is 5.91 Å². The van der Waals surface area contributed by atoms with Gasteiger partial charge in [0.25, 0.3) is 5.91 Å². The van der Waals surface area contributed by atoms with Gasteiger partial charge in [-0.25, -0.2) is 9.07 Å². The molecule has 2 amide bonds. The van der Waals surface area contributed by atoms with Crippen molar-refractivity contribution < 1.29 is 18.7 Å². The molecule has 0 aliphatic carbocycles. The van der Waals surface area contributed by atoms with Gasteiger partial charge < -0.3 is 14.5 Å². The van der Waals surface area contributed by atoms with Crippen LogP contribution < -0.4 is 0 Å². The SMILES string of the molecule is CCc1c(C(=O)N2CCC(C(=O)N3CCOCC3)CC2)cnn1-c1ccc(F)cc1. The summed E-state index contributed by atoms with van der Waals surface area (Å²) in [6.07, 6.45) is 3.57. The van der Waals surface area contributed by atoms with Crippen molar-refractivity contribution in [3.63, 3.8) is 0 Å². The summed E-state index contributed by atoms with van der Waals surface area (Å²) in [5, 5.41) is 4.38. The summed E-state index contributed by atoms with van der Waals surface area (Å²) in [5.74, 6) is -0.212. The Balaban J connectivity index is 1.43. The standard InChI is InChI=1S/C22H27FN4O3/c1-2-20-19(15-24-27(20)18-5-3-17(23)4-6-18)22(29)25-9-7-16(8-10-25)21(28)26-11-13-30-14-12-26/h3-6,15-16H,2,7-14H2,1H3. The summed E-state index contributed by atoms with van der Waals surface area (Å²) in [5.41, 5.74) is 2.10. The van der Waals surface area contributed by atoms with Crippen molar-refractivity contribution in [2.45, 2.75) is 26.2 Å². The summed E-state index contributed by atoms with van der Waals surface area (Å²) >= 11 is 0. The number of rotatable bonds is 4. The van der Waals surface area contributed by atoms with Crippen molar-refractivity contribution >= 4 is 11.8 Å². The van der Waals surface area contributed by atoms with Gasteiger partial charge in [-0.1, -0.05) is 6.92 Å². The fourth-order valence-corrected chi connectivity index (χ4v) is 4.24. The molecule has 2 fully saturated rings. The second kappa shape index (κ2) is 8.95. The quantitative estimate of drug-likeness (QED) is 0.770. The molecule has 3 heterocycles. The molecule has 1 aromatic heterocycles. The third-order valence-electron chi connectivity index (χ3n) is 5.96. The van der Waals surface area contributed by atoms with E-state index in [9.17, 15) is 14.0 Å². The predicted octanol–water partition coefficient (Wildman–Crippen LogP) is 2.28. The molecule has 0 N–H and O–H groups in total. The van der Waals surface area contributed by atoms with Gasteiger partial charge in [0.05, 0.1) is 36.4 Å². The molecule has 0 saturated carbocycles. The lowest BCUT2D eigenvalue weighted by Crippen LogP contribution is -2.47. The van der Waals surface area contributed by atoms with E-state index in [1.165, 1.54) is 12.1 Å². The van der Waals surface area contributed by atoms with Gasteiger partial charge in [-0.15, -0.1) is 0 Å². The van der Waals surface area contributed by atoms with E-state index in [1.807, 2.05) is 16.7 Å². The van der Waals surface area contributed by atoms with Crippen molar-refractivity contribution in [2.75, 3.05) is 39.4 Å². The maximum atomic E-state index is 13.2. The molecule has 0 spiro atoms. The van der Waals surface area contributed by atoms with E-state index in [-0.39, 0.29) is 23.5 Å². The van der Waals surface area contributed by atoms with Crippen molar-refractivity contribution in [2.24, 2.45) is 5.92 Å². The number of piperidine rings is 1. The number of nitrogens with zero attached hydrogens (tertiary/aromatic N) is 4. The Labute approximate surface area is 175 Å². The third-order valence-corrected chi connectivity index (χ3v) is 5.96. The number of carbonyl (C=O) groups is 2. The van der Waals surface area contributed by atoms with Crippen LogP contribution in [0.1, 0.15) is 35.8 Å². The van der Waals surface area contributed by atoms with E-state index in [1.54, 1.807) is 23.0 Å². The topological polar surface area (TPSA) is 67.7 Å². The average Bonchev–Trinajstić information content (AvgIpc) is 3.23. The first-order valence-electron chi connectivity index (χ1n) is 10.6. The Kier molecular flexibility index (Phi) is 6.13. The molecule has 7 nitrogen and oxygen atoms in total. The van der Waals surface area contributed by atoms with Gasteiger partial charge in [-0.3, -0.25) is 9.59 Å². The normalized spacial score (nSPS) is 17.9. The Morgan fingerprint density at radius 1 is 1.07 bits per heavy atom. The van der Waals surface area contributed by atoms with Crippen LogP contribution in [0.5, 0.6) is 0 Å². The molecule has 2 aliphatic heterocycles. The van der Waals surface area contributed by atoms with Crippen LogP contribution in [0.25, 0.3) is 5.69 Å². The van der Waals surface area contributed by atoms with Crippen molar-refractivity contribution in [3.05, 3.63) is 47.5 Å². The average molecular weight is 414 g/mol. The molecule has 160 valence electrons. The van der Waals surface area contributed by atoms with E-state index in [2.05, 4.69) is 5.10 Å². The van der Waals surface area contributed by atoms with Gasteiger partial charge in [-0.05, 0) is 43.5 Å². The highest BCUT2D eigenvalue weighted by atomic mass is 19.1. The molecule has 8 heteroatoms. The maximum Gasteiger partial charge on any atom is 0.257 e. The zero-order valence-electron chi connectivity index (χ0n) is 17.2. The molecule has 4 rings (SSSR count). The molecular formula is C22H27FN4O3. The minimum Gasteiger partial charge on any atom is -0.378 e. The van der Waals surface area contributed by atoms with Gasteiger partial charge in [0, 0.05) is 32.1 Å². The number of benzene rings is 1. The van der Waals surface area contributed by atoms with Crippen LogP contribution in [0.15, 0.2) is 30.5 Å². The van der Waals surface area contributed by atoms with Gasteiger partial charge in [0.15, 0.2) is 0 Å². The van der Waals surface area contributed by atoms with Crippen molar-refractivity contribution in [1.29, 1.82) is 0 Å². The number of hydrogen-bond acceptors (Lipinski definition) is 4. The summed E-state index contributed by atoms with van der Waals surface area (Å²) in [6, 6.07) is 6.07. The zero-order chi connectivity index (χ0) is 21.1. The number of ether oxygens (including phenoxy) is 1. The van der Waals surface area contributed by atoms with Crippen LogP contribution >= 0.6 is 0 Å². The van der Waals surface area contributed by atoms with Crippen molar-refractivity contribution in [1.82, 2.24) is 19.6 Å². The third kappa shape index (κ3) is 4.09. The first-order valence-corrected chi connectivity index (χ1v) is 10.6. The Bertz CT molecular complexity index is 898. The van der Waals surface area contributed by atoms with E-state index >= 15 is 0 Å². The van der Waals surface area contributed by atoms with Gasteiger partial charge in [-0.2, -0.15) is 5.10 Å². The lowest BCUT2D eigenvalue weighted by molar-refractivity contribution is -0.141. The highest BCUT2D eigenvalue weighted by Crippen LogP contribution is 2.24. The number of amides is 2. The molecule has 0 unspecified atom stereocenters. The van der Waals surface area contributed by atoms with E-state index in [4.69, 9.17) is 4.74 Å². The van der Waals surface area contributed by atoms with Crippen LogP contribution in [0.4, 0.5) is 4.39 Å². The number of morpholine rings is 1. The van der Waals surface area contributed by atoms with Crippen LogP contribution in [-0.2, 0) is 16.0 Å². The lowest BCUT2D eigenvalue weighted by atomic mass is 9.94. The molecule has 0 bridgehead atoms. The van der Waals surface area contributed by atoms with Crippen LogP contribution in [0.2, 0.25) is 0 Å². The molecule has 2 aromatic rings. The smallest absolute Gasteiger partial charge is 0.257 e. The first kappa shape index (κ1) is 20.5. The monoisotopic (exact) mass is 414 g/mol. The first-order chi connectivity index (χ1) is 14.6. The summed E-state index contributed by atoms with van der Waals surface area (Å²) in [7, 11) is 0. The number of hydrogen-bond donors (Lipinski definition) is 0. The van der Waals surface area contributed by atoms with E-state index in [0.717, 1.165) is 11.4 Å². The number of carbonyl (C=O) groups excluding carboxylic acids is 2. The highest BCUT2D eigenvalue weighted by molar-refractivity contribution is 5.95. The maximum absolute atomic E-state index is 13.2. The number of halogens is 1. The molecule has 30 heavy (non-hydrogen) atoms. The molecule has 2 saturated heterocycles. The van der Waals surface area contributed by atoms with Crippen LogP contribution in [-0.4, -0.2) is 70.8 Å². The van der Waals surface area contributed by atoms with Gasteiger partial charge >= 0.3 is 0 Å². The molecule has 0 radical (unpaired) electrons. The van der Waals surface area contributed by atoms with E-state index in [0.29, 0.717) is 64.2 Å². The van der Waals surface area contributed by atoms with Gasteiger partial charge in [0.1, 0.15) is 5.82 Å². The fraction of sp³-hybridized carbons (Fsp3) is 0.500. The van der Waals surface area contributed by atoms with Crippen molar-refractivity contribution in [3.8, 4) is 5.69 Å². The number of aromatic nitrogens is 2. The predicted molar refractivity (Wildman–Crippen MR) is 109 cm³/mol. The zero-order valence-corrected chi connectivity index (χ0v) is 17.2. The van der Waals surface area contributed by atoms with Crippen LogP contribution in [0, 0.1) is 11.7 Å². The molecule has 2 aliphatic rings. The lowest BCUT2D eigenvalue weighted by Gasteiger charge is -2.35. The number of likely N-dealkylation sites (tertiary alicyclic amines) is 1. The summed E-state index contributed by atoms with van der Waals surface area (Å²) in [4.78, 5) is 29.6. The summed E-state index contributed by atoms with van der Waals surface area (Å²) in [6.45, 7) is 5.60. The minimum absolute atomic E-state index is 0.0280. The Morgan fingerprint density at radius 3 is 2.37 bits per heavy atom. The summed E-state index contributed by atoms with van der Waals surface area (Å²) < 4.78 is 20.3. The molecule has 0 atom stereocenters.